The van der Waals surface area contributed by atoms with Crippen LogP contribution in [0.3, 0.4) is 0 Å². The molecule has 2 amide bonds. The first-order chi connectivity index (χ1) is 14.2. The lowest BCUT2D eigenvalue weighted by atomic mass is 10.0. The minimum absolute atomic E-state index is 0.0988. The van der Waals surface area contributed by atoms with Crippen LogP contribution in [0.1, 0.15) is 34.8 Å². The zero-order valence-corrected chi connectivity index (χ0v) is 16.3. The Morgan fingerprint density at radius 2 is 1.72 bits per heavy atom. The number of nitrogens with zero attached hydrogens (tertiary/aromatic N) is 1. The molecule has 0 spiro atoms. The maximum Gasteiger partial charge on any atom is 0.254 e. The van der Waals surface area contributed by atoms with Gasteiger partial charge in [0.1, 0.15) is 6.04 Å². The van der Waals surface area contributed by atoms with Crippen molar-refractivity contribution in [2.24, 2.45) is 5.73 Å². The molecule has 0 radical (unpaired) electrons. The predicted octanol–water partition coefficient (Wildman–Crippen LogP) is 3.26. The van der Waals surface area contributed by atoms with Crippen LogP contribution in [0.25, 0.3) is 10.8 Å². The van der Waals surface area contributed by atoms with Crippen molar-refractivity contribution in [1.82, 2.24) is 10.2 Å². The van der Waals surface area contributed by atoms with E-state index in [0.717, 1.165) is 22.8 Å². The van der Waals surface area contributed by atoms with Gasteiger partial charge in [0.25, 0.3) is 5.91 Å². The highest BCUT2D eigenvalue weighted by atomic mass is 16.2. The van der Waals surface area contributed by atoms with Crippen molar-refractivity contribution in [2.75, 3.05) is 13.1 Å². The average molecular weight is 387 g/mol. The molecule has 3 aromatic rings. The van der Waals surface area contributed by atoms with Gasteiger partial charge in [-0.25, -0.2) is 0 Å². The topological polar surface area (TPSA) is 75.4 Å². The maximum atomic E-state index is 13.0. The number of hydrogen-bond donors (Lipinski definition) is 2. The number of nitrogens with one attached hydrogen (secondary N) is 1. The van der Waals surface area contributed by atoms with Gasteiger partial charge < -0.3 is 16.0 Å². The molecule has 3 N–H and O–H groups in total. The van der Waals surface area contributed by atoms with Crippen molar-refractivity contribution in [3.8, 4) is 0 Å². The molecule has 2 atom stereocenters. The van der Waals surface area contributed by atoms with Gasteiger partial charge in [0, 0.05) is 18.7 Å². The Balaban J connectivity index is 1.51. The normalized spacial score (nSPS) is 17.3. The molecule has 4 rings (SSSR count). The number of fused-ring (bicyclic) bond motifs is 1. The molecule has 5 heteroatoms. The predicted molar refractivity (Wildman–Crippen MR) is 114 cm³/mol. The highest BCUT2D eigenvalue weighted by Gasteiger charge is 2.35. The summed E-state index contributed by atoms with van der Waals surface area (Å²) in [5.74, 6) is -0.242. The standard InChI is InChI=1S/C24H25N3O2/c25-16-21(20-13-12-17-7-4-5-10-19(17)15-20)26-23(28)22-11-6-14-27(22)24(29)18-8-2-1-3-9-18/h1-5,7-10,12-13,15,21-22H,6,11,14,16,25H2,(H,26,28). The number of benzene rings is 3. The van der Waals surface area contributed by atoms with Crippen molar-refractivity contribution in [2.45, 2.75) is 24.9 Å². The van der Waals surface area contributed by atoms with Crippen molar-refractivity contribution < 1.29 is 9.59 Å². The summed E-state index contributed by atoms with van der Waals surface area (Å²) in [4.78, 5) is 27.6. The molecular formula is C24H25N3O2. The Morgan fingerprint density at radius 1 is 1.00 bits per heavy atom. The summed E-state index contributed by atoms with van der Waals surface area (Å²) in [6.45, 7) is 0.887. The average Bonchev–Trinajstić information content (AvgIpc) is 3.27. The summed E-state index contributed by atoms with van der Waals surface area (Å²) >= 11 is 0. The highest BCUT2D eigenvalue weighted by Crippen LogP contribution is 2.23. The van der Waals surface area contributed by atoms with Gasteiger partial charge in [-0.1, -0.05) is 54.6 Å². The van der Waals surface area contributed by atoms with Crippen LogP contribution in [0.2, 0.25) is 0 Å². The van der Waals surface area contributed by atoms with Crippen molar-refractivity contribution in [1.29, 1.82) is 0 Å². The van der Waals surface area contributed by atoms with Crippen LogP contribution in [0.4, 0.5) is 0 Å². The number of likely N-dealkylation sites (tertiary alicyclic amines) is 1. The summed E-state index contributed by atoms with van der Waals surface area (Å²) < 4.78 is 0. The van der Waals surface area contributed by atoms with Crippen LogP contribution in [0.15, 0.2) is 72.8 Å². The van der Waals surface area contributed by atoms with Gasteiger partial charge >= 0.3 is 0 Å². The molecule has 2 unspecified atom stereocenters. The number of hydrogen-bond acceptors (Lipinski definition) is 3. The Bertz CT molecular complexity index is 1020. The monoisotopic (exact) mass is 387 g/mol. The lowest BCUT2D eigenvalue weighted by Gasteiger charge is -2.26. The summed E-state index contributed by atoms with van der Waals surface area (Å²) in [7, 11) is 0. The smallest absolute Gasteiger partial charge is 0.254 e. The first-order valence-electron chi connectivity index (χ1n) is 10.0. The minimum atomic E-state index is -0.461. The van der Waals surface area contributed by atoms with E-state index in [1.165, 1.54) is 0 Å². The number of carbonyl (C=O) groups excluding carboxylic acids is 2. The number of amides is 2. The number of nitrogens with two attached hydrogens (primary N) is 1. The minimum Gasteiger partial charge on any atom is -0.346 e. The van der Waals surface area contributed by atoms with E-state index in [1.54, 1.807) is 17.0 Å². The molecule has 1 fully saturated rings. The van der Waals surface area contributed by atoms with E-state index in [9.17, 15) is 9.59 Å². The van der Waals surface area contributed by atoms with Crippen molar-refractivity contribution >= 4 is 22.6 Å². The fraction of sp³-hybridized carbons (Fsp3) is 0.250. The second-order valence-corrected chi connectivity index (χ2v) is 7.43. The summed E-state index contributed by atoms with van der Waals surface area (Å²) in [5, 5.41) is 5.33. The van der Waals surface area contributed by atoms with E-state index in [4.69, 9.17) is 5.73 Å². The molecule has 1 aliphatic heterocycles. The molecule has 1 saturated heterocycles. The molecule has 1 heterocycles. The van der Waals surface area contributed by atoms with Crippen LogP contribution in [-0.4, -0.2) is 35.8 Å². The quantitative estimate of drug-likeness (QED) is 0.706. The molecular weight excluding hydrogens is 362 g/mol. The van der Waals surface area contributed by atoms with Gasteiger partial charge in [-0.15, -0.1) is 0 Å². The lowest BCUT2D eigenvalue weighted by Crippen LogP contribution is -2.47. The first-order valence-corrected chi connectivity index (χ1v) is 10.0. The van der Waals surface area contributed by atoms with Gasteiger partial charge in [0.15, 0.2) is 0 Å². The third-order valence-corrected chi connectivity index (χ3v) is 5.57. The largest absolute Gasteiger partial charge is 0.346 e. The maximum absolute atomic E-state index is 13.0. The molecule has 1 aliphatic rings. The fourth-order valence-corrected chi connectivity index (χ4v) is 4.00. The SMILES string of the molecule is NCC(NC(=O)C1CCCN1C(=O)c1ccccc1)c1ccc2ccccc2c1. The van der Waals surface area contributed by atoms with E-state index in [1.807, 2.05) is 48.5 Å². The van der Waals surface area contributed by atoms with E-state index < -0.39 is 6.04 Å². The second kappa shape index (κ2) is 8.45. The van der Waals surface area contributed by atoms with Gasteiger partial charge in [0.2, 0.25) is 5.91 Å². The Kier molecular flexibility index (Phi) is 5.58. The molecule has 0 saturated carbocycles. The van der Waals surface area contributed by atoms with Crippen molar-refractivity contribution in [3.63, 3.8) is 0 Å². The molecule has 5 nitrogen and oxygen atoms in total. The van der Waals surface area contributed by atoms with E-state index in [-0.39, 0.29) is 17.9 Å². The summed E-state index contributed by atoms with van der Waals surface area (Å²) in [5.41, 5.74) is 7.57. The molecule has 148 valence electrons. The Hall–Kier alpha value is -3.18. The highest BCUT2D eigenvalue weighted by molar-refractivity contribution is 5.98. The summed E-state index contributed by atoms with van der Waals surface area (Å²) in [6, 6.07) is 22.6. The van der Waals surface area contributed by atoms with Gasteiger partial charge in [-0.2, -0.15) is 0 Å². The Labute approximate surface area is 170 Å². The number of carbonyl (C=O) groups is 2. The lowest BCUT2D eigenvalue weighted by molar-refractivity contribution is -0.125. The summed E-state index contributed by atoms with van der Waals surface area (Å²) in [6.07, 6.45) is 1.49. The zero-order valence-electron chi connectivity index (χ0n) is 16.3. The molecule has 3 aromatic carbocycles. The van der Waals surface area contributed by atoms with Gasteiger partial charge in [-0.05, 0) is 47.4 Å². The first kappa shape index (κ1) is 19.2. The zero-order chi connectivity index (χ0) is 20.2. The third-order valence-electron chi connectivity index (χ3n) is 5.57. The third kappa shape index (κ3) is 4.00. The molecule has 29 heavy (non-hydrogen) atoms. The van der Waals surface area contributed by atoms with Gasteiger partial charge in [0.05, 0.1) is 6.04 Å². The molecule has 0 aliphatic carbocycles. The van der Waals surface area contributed by atoms with Crippen LogP contribution < -0.4 is 11.1 Å². The van der Waals surface area contributed by atoms with Crippen LogP contribution in [0.5, 0.6) is 0 Å². The van der Waals surface area contributed by atoms with E-state index >= 15 is 0 Å². The van der Waals surface area contributed by atoms with E-state index in [2.05, 4.69) is 17.4 Å². The molecule has 0 bridgehead atoms. The van der Waals surface area contributed by atoms with Crippen LogP contribution >= 0.6 is 0 Å². The van der Waals surface area contributed by atoms with Gasteiger partial charge in [-0.3, -0.25) is 9.59 Å². The van der Waals surface area contributed by atoms with Crippen LogP contribution in [-0.2, 0) is 4.79 Å². The van der Waals surface area contributed by atoms with Crippen molar-refractivity contribution in [3.05, 3.63) is 83.9 Å². The van der Waals surface area contributed by atoms with E-state index in [0.29, 0.717) is 25.1 Å². The fourth-order valence-electron chi connectivity index (χ4n) is 4.00. The second-order valence-electron chi connectivity index (χ2n) is 7.43. The molecule has 0 aromatic heterocycles. The van der Waals surface area contributed by atoms with Crippen LogP contribution in [0, 0.1) is 0 Å². The Morgan fingerprint density at radius 3 is 2.48 bits per heavy atom. The number of rotatable bonds is 5.